The molecule has 1 N–H and O–H groups in total. The summed E-state index contributed by atoms with van der Waals surface area (Å²) in [5.41, 5.74) is 1.54. The highest BCUT2D eigenvalue weighted by molar-refractivity contribution is 7.98. The van der Waals surface area contributed by atoms with Crippen molar-refractivity contribution in [2.24, 2.45) is 0 Å². The van der Waals surface area contributed by atoms with Gasteiger partial charge in [-0.25, -0.2) is 13.1 Å². The minimum Gasteiger partial charge on any atom is -0.339 e. The van der Waals surface area contributed by atoms with Crippen LogP contribution in [0.15, 0.2) is 58.3 Å². The molecule has 28 heavy (non-hydrogen) atoms. The summed E-state index contributed by atoms with van der Waals surface area (Å²) in [6.07, 6.45) is 3.89. The maximum Gasteiger partial charge on any atom is 0.255 e. The van der Waals surface area contributed by atoms with E-state index in [9.17, 15) is 13.2 Å². The summed E-state index contributed by atoms with van der Waals surface area (Å²) in [5, 5.41) is 0. The van der Waals surface area contributed by atoms with Crippen molar-refractivity contribution in [1.82, 2.24) is 9.62 Å². The highest BCUT2D eigenvalue weighted by Crippen LogP contribution is 2.26. The molecule has 1 atom stereocenters. The predicted molar refractivity (Wildman–Crippen MR) is 113 cm³/mol. The van der Waals surface area contributed by atoms with Gasteiger partial charge in [-0.1, -0.05) is 37.3 Å². The third-order valence-electron chi connectivity index (χ3n) is 5.05. The zero-order chi connectivity index (χ0) is 20.1. The maximum absolute atomic E-state index is 12.9. The molecule has 0 aromatic heterocycles. The first-order valence-electron chi connectivity index (χ1n) is 9.44. The number of benzene rings is 2. The molecule has 2 aromatic rings. The van der Waals surface area contributed by atoms with Gasteiger partial charge in [-0.15, -0.1) is 11.8 Å². The number of carbonyl (C=O) groups is 1. The lowest BCUT2D eigenvalue weighted by Crippen LogP contribution is -2.30. The number of carbonyl (C=O) groups excluding carboxylic acids is 1. The van der Waals surface area contributed by atoms with Crippen LogP contribution in [0, 0.1) is 0 Å². The smallest absolute Gasteiger partial charge is 0.255 e. The van der Waals surface area contributed by atoms with Crippen molar-refractivity contribution in [1.29, 1.82) is 0 Å². The monoisotopic (exact) mass is 418 g/mol. The molecule has 0 bridgehead atoms. The summed E-state index contributed by atoms with van der Waals surface area (Å²) >= 11 is 1.45. The van der Waals surface area contributed by atoms with Crippen molar-refractivity contribution in [3.05, 3.63) is 59.7 Å². The van der Waals surface area contributed by atoms with Gasteiger partial charge in [0.05, 0.1) is 10.5 Å². The highest BCUT2D eigenvalue weighted by Gasteiger charge is 2.24. The molecule has 0 saturated carbocycles. The molecule has 1 fully saturated rings. The second-order valence-corrected chi connectivity index (χ2v) is 9.64. The Labute approximate surface area is 171 Å². The molecule has 0 radical (unpaired) electrons. The number of thioether (sulfide) groups is 1. The van der Waals surface area contributed by atoms with E-state index in [1.54, 1.807) is 17.0 Å². The molecule has 150 valence electrons. The molecule has 5 nitrogen and oxygen atoms in total. The Morgan fingerprint density at radius 3 is 2.46 bits per heavy atom. The summed E-state index contributed by atoms with van der Waals surface area (Å²) in [7, 11) is -3.70. The van der Waals surface area contributed by atoms with Crippen molar-refractivity contribution in [2.45, 2.75) is 35.5 Å². The summed E-state index contributed by atoms with van der Waals surface area (Å²) in [6, 6.07) is 14.6. The van der Waals surface area contributed by atoms with Crippen LogP contribution < -0.4 is 4.72 Å². The average Bonchev–Trinajstić information content (AvgIpc) is 3.26. The molecule has 1 amide bonds. The fourth-order valence-electron chi connectivity index (χ4n) is 3.33. The van der Waals surface area contributed by atoms with E-state index in [0.29, 0.717) is 12.1 Å². The maximum atomic E-state index is 12.9. The van der Waals surface area contributed by atoms with E-state index in [-0.39, 0.29) is 16.7 Å². The van der Waals surface area contributed by atoms with Crippen molar-refractivity contribution < 1.29 is 13.2 Å². The molecule has 1 aliphatic rings. The van der Waals surface area contributed by atoms with Gasteiger partial charge in [0.25, 0.3) is 5.91 Å². The zero-order valence-corrected chi connectivity index (χ0v) is 17.9. The van der Waals surface area contributed by atoms with E-state index >= 15 is 0 Å². The second-order valence-electron chi connectivity index (χ2n) is 7.03. The number of hydrogen-bond donors (Lipinski definition) is 1. The number of sulfonamides is 1. The fourth-order valence-corrected chi connectivity index (χ4v) is 5.06. The molecule has 7 heteroatoms. The van der Waals surface area contributed by atoms with Crippen molar-refractivity contribution in [3.63, 3.8) is 0 Å². The quantitative estimate of drug-likeness (QED) is 0.696. The van der Waals surface area contributed by atoms with Crippen LogP contribution in [0.3, 0.4) is 0 Å². The van der Waals surface area contributed by atoms with E-state index in [0.717, 1.165) is 36.4 Å². The van der Waals surface area contributed by atoms with Gasteiger partial charge >= 0.3 is 0 Å². The van der Waals surface area contributed by atoms with Crippen molar-refractivity contribution >= 4 is 27.7 Å². The number of likely N-dealkylation sites (tertiary alicyclic amines) is 1. The number of nitrogens with one attached hydrogen (secondary N) is 1. The van der Waals surface area contributed by atoms with Gasteiger partial charge in [-0.2, -0.15) is 0 Å². The van der Waals surface area contributed by atoms with Crippen LogP contribution in [0.2, 0.25) is 0 Å². The summed E-state index contributed by atoms with van der Waals surface area (Å²) in [6.45, 7) is 3.75. The number of nitrogens with zero attached hydrogens (tertiary/aromatic N) is 1. The number of hydrogen-bond acceptors (Lipinski definition) is 4. The van der Waals surface area contributed by atoms with Crippen molar-refractivity contribution in [2.75, 3.05) is 25.9 Å². The Morgan fingerprint density at radius 1 is 1.14 bits per heavy atom. The first kappa shape index (κ1) is 20.9. The van der Waals surface area contributed by atoms with Crippen LogP contribution >= 0.6 is 11.8 Å². The van der Waals surface area contributed by atoms with Gasteiger partial charge in [-0.3, -0.25) is 4.79 Å². The van der Waals surface area contributed by atoms with Crippen LogP contribution in [-0.2, 0) is 10.0 Å². The molecule has 1 unspecified atom stereocenters. The Kier molecular flexibility index (Phi) is 6.80. The minimum absolute atomic E-state index is 0.0483. The number of rotatable bonds is 7. The fraction of sp³-hybridized carbons (Fsp3) is 0.381. The van der Waals surface area contributed by atoms with Gasteiger partial charge in [0, 0.05) is 24.5 Å². The third-order valence-corrected chi connectivity index (χ3v) is 7.27. The molecule has 0 spiro atoms. The third kappa shape index (κ3) is 4.77. The Bertz CT molecular complexity index is 924. The zero-order valence-electron chi connectivity index (χ0n) is 16.2. The van der Waals surface area contributed by atoms with Crippen LogP contribution in [-0.4, -0.2) is 45.1 Å². The van der Waals surface area contributed by atoms with Crippen LogP contribution in [0.4, 0.5) is 0 Å². The summed E-state index contributed by atoms with van der Waals surface area (Å²) < 4.78 is 28.3. The first-order chi connectivity index (χ1) is 13.4. The van der Waals surface area contributed by atoms with E-state index in [1.165, 1.54) is 17.8 Å². The van der Waals surface area contributed by atoms with Gasteiger partial charge < -0.3 is 4.90 Å². The van der Waals surface area contributed by atoms with Crippen LogP contribution in [0.5, 0.6) is 0 Å². The van der Waals surface area contributed by atoms with Crippen molar-refractivity contribution in [3.8, 4) is 0 Å². The van der Waals surface area contributed by atoms with Crippen LogP contribution in [0.1, 0.15) is 41.6 Å². The highest BCUT2D eigenvalue weighted by atomic mass is 32.2. The summed E-state index contributed by atoms with van der Waals surface area (Å²) in [4.78, 5) is 15.6. The van der Waals surface area contributed by atoms with E-state index in [1.807, 2.05) is 43.5 Å². The minimum atomic E-state index is -3.70. The number of amides is 1. The Hall–Kier alpha value is -1.83. The van der Waals surface area contributed by atoms with Gasteiger partial charge in [-0.05, 0) is 48.8 Å². The van der Waals surface area contributed by atoms with E-state index < -0.39 is 10.0 Å². The van der Waals surface area contributed by atoms with Gasteiger partial charge in [0.2, 0.25) is 10.0 Å². The molecule has 1 heterocycles. The largest absolute Gasteiger partial charge is 0.339 e. The molecular formula is C21H26N2O3S2. The van der Waals surface area contributed by atoms with Crippen LogP contribution in [0.25, 0.3) is 0 Å². The molecule has 1 aliphatic heterocycles. The molecular weight excluding hydrogens is 392 g/mol. The van der Waals surface area contributed by atoms with Gasteiger partial charge in [0.15, 0.2) is 0 Å². The SMILES string of the molecule is CSc1ccc(S(=O)(=O)NCC(C)c2ccccc2)cc1C(=O)N1CCCC1. The first-order valence-corrected chi connectivity index (χ1v) is 12.1. The normalized spacial score (nSPS) is 15.6. The lowest BCUT2D eigenvalue weighted by atomic mass is 10.0. The molecule has 0 aliphatic carbocycles. The molecule has 3 rings (SSSR count). The lowest BCUT2D eigenvalue weighted by molar-refractivity contribution is 0.0789. The lowest BCUT2D eigenvalue weighted by Gasteiger charge is -2.18. The molecule has 1 saturated heterocycles. The second kappa shape index (κ2) is 9.11. The molecule has 2 aromatic carbocycles. The predicted octanol–water partition coefficient (Wildman–Crippen LogP) is 3.73. The topological polar surface area (TPSA) is 66.5 Å². The standard InChI is InChI=1S/C21H26N2O3S2/c1-16(17-8-4-3-5-9-17)15-22-28(25,26)18-10-11-20(27-2)19(14-18)21(24)23-12-6-7-13-23/h3-5,8-11,14,16,22H,6-7,12-13,15H2,1-2H3. The summed E-state index contributed by atoms with van der Waals surface area (Å²) in [5.74, 6) is -0.0382. The van der Waals surface area contributed by atoms with Gasteiger partial charge in [0.1, 0.15) is 0 Å². The van der Waals surface area contributed by atoms with E-state index in [2.05, 4.69) is 4.72 Å². The average molecular weight is 419 g/mol. The van der Waals surface area contributed by atoms with E-state index in [4.69, 9.17) is 0 Å². The Morgan fingerprint density at radius 2 is 1.82 bits per heavy atom. The Balaban J connectivity index is 1.79.